The van der Waals surface area contributed by atoms with Gasteiger partial charge in [0.15, 0.2) is 23.5 Å². The summed E-state index contributed by atoms with van der Waals surface area (Å²) < 4.78 is 58.0. The zero-order chi connectivity index (χ0) is 31.2. The van der Waals surface area contributed by atoms with Crippen LogP contribution in [0.4, 0.5) is 42.0 Å². The first-order valence-corrected chi connectivity index (χ1v) is 14.5. The number of alkyl halides is 2. The zero-order valence-electron chi connectivity index (χ0n) is 24.3. The van der Waals surface area contributed by atoms with Gasteiger partial charge in [0.1, 0.15) is 11.9 Å². The molecule has 44 heavy (non-hydrogen) atoms. The topological polar surface area (TPSA) is 124 Å². The van der Waals surface area contributed by atoms with Crippen LogP contribution in [0.25, 0.3) is 0 Å². The average molecular weight is 612 g/mol. The molecule has 232 valence electrons. The minimum absolute atomic E-state index is 0.00526. The van der Waals surface area contributed by atoms with Gasteiger partial charge in [0.2, 0.25) is 5.95 Å². The third-order valence-electron chi connectivity index (χ3n) is 8.22. The fourth-order valence-electron chi connectivity index (χ4n) is 5.89. The molecule has 3 aromatic rings. The van der Waals surface area contributed by atoms with Crippen LogP contribution in [-0.4, -0.2) is 40.2 Å². The highest BCUT2D eigenvalue weighted by Gasteiger charge is 2.46. The maximum Gasteiger partial charge on any atom is 0.482 e. The van der Waals surface area contributed by atoms with E-state index in [0.29, 0.717) is 35.6 Å². The van der Waals surface area contributed by atoms with Gasteiger partial charge < -0.3 is 30.2 Å². The van der Waals surface area contributed by atoms with Crippen molar-refractivity contribution in [2.24, 2.45) is 17.8 Å². The molecule has 1 aliphatic carbocycles. The number of nitrogens with zero attached hydrogens (tertiary/aromatic N) is 2. The first-order valence-electron chi connectivity index (χ1n) is 14.5. The van der Waals surface area contributed by atoms with Gasteiger partial charge in [-0.15, -0.1) is 0 Å². The van der Waals surface area contributed by atoms with Gasteiger partial charge in [0, 0.05) is 23.4 Å². The van der Waals surface area contributed by atoms with Gasteiger partial charge in [-0.25, -0.2) is 14.2 Å². The molecule has 4 atom stereocenters. The van der Waals surface area contributed by atoms with Crippen molar-refractivity contribution >= 4 is 40.7 Å². The van der Waals surface area contributed by atoms with E-state index in [1.807, 2.05) is 6.07 Å². The van der Waals surface area contributed by atoms with E-state index in [1.165, 1.54) is 18.2 Å². The normalized spacial score (nSPS) is 23.5. The Kier molecular flexibility index (Phi) is 7.72. The number of hydrogen-bond donors (Lipinski definition) is 3. The Labute approximate surface area is 251 Å². The summed E-state index contributed by atoms with van der Waals surface area (Å²) in [6.45, 7) is 6.52. The minimum Gasteiger partial charge on any atom is -0.478 e. The number of carbonyl (C=O) groups excluding carboxylic acids is 2. The molecular weight excluding hydrogens is 579 g/mol. The molecule has 2 unspecified atom stereocenters. The van der Waals surface area contributed by atoms with Crippen LogP contribution in [-0.2, 0) is 20.7 Å². The summed E-state index contributed by atoms with van der Waals surface area (Å²) >= 11 is 0. The molecule has 1 fully saturated rings. The molecule has 2 aromatic carbocycles. The van der Waals surface area contributed by atoms with Gasteiger partial charge in [-0.2, -0.15) is 13.8 Å². The largest absolute Gasteiger partial charge is 0.482 e. The van der Waals surface area contributed by atoms with Gasteiger partial charge in [-0.05, 0) is 67.0 Å². The highest BCUT2D eigenvalue weighted by Crippen LogP contribution is 2.39. The first kappa shape index (κ1) is 29.5. The quantitative estimate of drug-likeness (QED) is 0.263. The van der Waals surface area contributed by atoms with Gasteiger partial charge in [-0.3, -0.25) is 4.79 Å². The molecule has 1 aromatic heterocycles. The fraction of sp³-hybridized carbons (Fsp3) is 0.419. The molecule has 0 radical (unpaired) electrons. The number of ether oxygens (including phenoxy) is 3. The van der Waals surface area contributed by atoms with Crippen LogP contribution in [0.3, 0.4) is 0 Å². The molecule has 3 N–H and O–H groups in total. The van der Waals surface area contributed by atoms with Crippen molar-refractivity contribution in [1.82, 2.24) is 9.97 Å². The first-order chi connectivity index (χ1) is 20.9. The summed E-state index contributed by atoms with van der Waals surface area (Å²) in [7, 11) is 0. The lowest BCUT2D eigenvalue weighted by molar-refractivity contribution is -0.189. The molecule has 0 bridgehead atoms. The third kappa shape index (κ3) is 6.08. The Balaban J connectivity index is 1.11. The molecule has 1 amide bonds. The van der Waals surface area contributed by atoms with Crippen LogP contribution in [0.15, 0.2) is 42.6 Å². The maximum atomic E-state index is 14.6. The number of amides is 1. The summed E-state index contributed by atoms with van der Waals surface area (Å²) in [6, 6.07) is 9.19. The van der Waals surface area contributed by atoms with Crippen molar-refractivity contribution in [2.45, 2.75) is 64.8 Å². The minimum atomic E-state index is -3.99. The van der Waals surface area contributed by atoms with E-state index in [2.05, 4.69) is 51.4 Å². The molecule has 10 nitrogen and oxygen atoms in total. The summed E-state index contributed by atoms with van der Waals surface area (Å²) in [6.07, 6.45) is -0.482. The smallest absolute Gasteiger partial charge is 0.478 e. The molecule has 0 saturated heterocycles. The number of aromatic nitrogens is 2. The van der Waals surface area contributed by atoms with Gasteiger partial charge in [0.05, 0.1) is 11.9 Å². The van der Waals surface area contributed by atoms with E-state index < -0.39 is 23.9 Å². The number of fused-ring (bicyclic) bond motifs is 2. The lowest BCUT2D eigenvalue weighted by Gasteiger charge is -2.37. The molecule has 13 heteroatoms. The molecule has 2 aliphatic heterocycles. The summed E-state index contributed by atoms with van der Waals surface area (Å²) in [5, 5.41) is 7.84. The van der Waals surface area contributed by atoms with E-state index in [0.717, 1.165) is 31.0 Å². The van der Waals surface area contributed by atoms with Gasteiger partial charge in [-0.1, -0.05) is 27.2 Å². The van der Waals surface area contributed by atoms with Crippen LogP contribution >= 0.6 is 0 Å². The number of halogens is 3. The second-order valence-electron chi connectivity index (χ2n) is 11.9. The van der Waals surface area contributed by atoms with E-state index in [1.54, 1.807) is 12.1 Å². The predicted molar refractivity (Wildman–Crippen MR) is 155 cm³/mol. The predicted octanol–water partition coefficient (Wildman–Crippen LogP) is 6.33. The molecule has 6 rings (SSSR count). The van der Waals surface area contributed by atoms with Crippen molar-refractivity contribution in [3.05, 3.63) is 54.0 Å². The SMILES string of the molecule is CC(C)C1CC[C@@H](C)CC1OC(=O)[C@@H]1Cc2cc(Nc3ncc(F)c(Nc4ccc5c(c4)NC(=O)C(F)(F)O5)n3)ccc2O1. The van der Waals surface area contributed by atoms with Crippen molar-refractivity contribution in [1.29, 1.82) is 0 Å². The molecule has 0 spiro atoms. The lowest BCUT2D eigenvalue weighted by atomic mass is 9.75. The second kappa shape index (κ2) is 11.5. The summed E-state index contributed by atoms with van der Waals surface area (Å²) in [4.78, 5) is 32.8. The van der Waals surface area contributed by atoms with Gasteiger partial charge >= 0.3 is 18.0 Å². The zero-order valence-corrected chi connectivity index (χ0v) is 24.3. The average Bonchev–Trinajstić information content (AvgIpc) is 3.39. The van der Waals surface area contributed by atoms with Crippen LogP contribution in [0.1, 0.15) is 45.6 Å². The Bertz CT molecular complexity index is 1600. The molecule has 1 saturated carbocycles. The van der Waals surface area contributed by atoms with E-state index in [4.69, 9.17) is 9.47 Å². The molecule has 3 heterocycles. The molecular formula is C31H32F3N5O5. The highest BCUT2D eigenvalue weighted by molar-refractivity contribution is 5.99. The summed E-state index contributed by atoms with van der Waals surface area (Å²) in [5.74, 6) is -1.24. The Morgan fingerprint density at radius 3 is 2.64 bits per heavy atom. The number of nitrogens with one attached hydrogen (secondary N) is 3. The number of carbonyl (C=O) groups is 2. The Morgan fingerprint density at radius 1 is 1.11 bits per heavy atom. The number of benzene rings is 2. The molecule has 3 aliphatic rings. The van der Waals surface area contributed by atoms with E-state index in [9.17, 15) is 22.8 Å². The number of hydrogen-bond acceptors (Lipinski definition) is 9. The fourth-order valence-corrected chi connectivity index (χ4v) is 5.89. The third-order valence-corrected chi connectivity index (χ3v) is 8.22. The van der Waals surface area contributed by atoms with Crippen molar-refractivity contribution < 1.29 is 37.0 Å². The van der Waals surface area contributed by atoms with Crippen molar-refractivity contribution in [3.8, 4) is 11.5 Å². The number of rotatable bonds is 7. The van der Waals surface area contributed by atoms with Crippen LogP contribution in [0.2, 0.25) is 0 Å². The standard InChI is InChI=1S/C31H32F3N5O5/c1-15(2)20-7-4-16(3)10-25(20)43-28(40)26-12-17-11-18(5-8-23(17)42-26)37-30-35-14-21(32)27(39-30)36-19-6-9-24-22(13-19)38-29(41)31(33,34)44-24/h5-6,8-9,11,13-16,20,25-26H,4,7,10,12H2,1-3H3,(H,38,41)(H2,35,36,37,39)/t16-,20?,25?,26+/m1/s1. The Hall–Kier alpha value is -4.55. The monoisotopic (exact) mass is 611 g/mol. The van der Waals surface area contributed by atoms with Crippen LogP contribution in [0.5, 0.6) is 11.5 Å². The van der Waals surface area contributed by atoms with E-state index in [-0.39, 0.29) is 41.0 Å². The van der Waals surface area contributed by atoms with E-state index >= 15 is 0 Å². The number of anilines is 5. The highest BCUT2D eigenvalue weighted by atomic mass is 19.3. The van der Waals surface area contributed by atoms with Crippen molar-refractivity contribution in [3.63, 3.8) is 0 Å². The van der Waals surface area contributed by atoms with Crippen LogP contribution in [0, 0.1) is 23.6 Å². The maximum absolute atomic E-state index is 14.6. The summed E-state index contributed by atoms with van der Waals surface area (Å²) in [5.41, 5.74) is 1.65. The van der Waals surface area contributed by atoms with Crippen LogP contribution < -0.4 is 25.4 Å². The second-order valence-corrected chi connectivity index (χ2v) is 11.9. The number of esters is 1. The lowest BCUT2D eigenvalue weighted by Crippen LogP contribution is -2.43. The Morgan fingerprint density at radius 2 is 1.86 bits per heavy atom. The van der Waals surface area contributed by atoms with Gasteiger partial charge in [0.25, 0.3) is 0 Å². The van der Waals surface area contributed by atoms with Crippen molar-refractivity contribution in [2.75, 3.05) is 16.0 Å².